The molecule has 3 heterocycles. The summed E-state index contributed by atoms with van der Waals surface area (Å²) in [6.45, 7) is 7.44. The number of aryl methyl sites for hydroxylation is 2. The molecule has 3 aromatic rings. The third-order valence-corrected chi connectivity index (χ3v) is 6.03. The van der Waals surface area contributed by atoms with E-state index in [1.807, 2.05) is 19.9 Å². The second kappa shape index (κ2) is 9.24. The second-order valence-corrected chi connectivity index (χ2v) is 8.78. The van der Waals surface area contributed by atoms with Gasteiger partial charge in [-0.1, -0.05) is 17.3 Å². The molecule has 0 N–H and O–H groups in total. The number of anilines is 1. The topological polar surface area (TPSA) is 120 Å². The Hall–Kier alpha value is -4.15. The van der Waals surface area contributed by atoms with E-state index in [2.05, 4.69) is 15.0 Å². The zero-order valence-electron chi connectivity index (χ0n) is 20.3. The Kier molecular flexibility index (Phi) is 6.33. The number of carbonyl (C=O) groups excluding carboxylic acids is 3. The van der Waals surface area contributed by atoms with E-state index in [1.54, 1.807) is 42.9 Å². The Morgan fingerprint density at radius 1 is 1.17 bits per heavy atom. The molecule has 35 heavy (non-hydrogen) atoms. The van der Waals surface area contributed by atoms with Gasteiger partial charge in [0.1, 0.15) is 17.0 Å². The molecule has 0 saturated carbocycles. The van der Waals surface area contributed by atoms with Crippen LogP contribution in [-0.2, 0) is 27.4 Å². The number of aromatic nitrogens is 3. The smallest absolute Gasteiger partial charge is 0.343 e. The maximum Gasteiger partial charge on any atom is 0.343 e. The number of methoxy groups -OCH3 is 1. The van der Waals surface area contributed by atoms with E-state index in [0.29, 0.717) is 23.7 Å². The van der Waals surface area contributed by atoms with Crippen LogP contribution in [0.2, 0.25) is 0 Å². The maximum absolute atomic E-state index is 13.4. The number of ether oxygens (including phenoxy) is 2. The highest BCUT2D eigenvalue weighted by Crippen LogP contribution is 2.33. The molecule has 2 aromatic heterocycles. The van der Waals surface area contributed by atoms with E-state index in [0.717, 1.165) is 21.7 Å². The number of hydrogen-bond acceptors (Lipinski definition) is 8. The van der Waals surface area contributed by atoms with E-state index in [4.69, 9.17) is 9.26 Å². The lowest BCUT2D eigenvalue weighted by molar-refractivity contribution is -0.142. The van der Waals surface area contributed by atoms with E-state index in [-0.39, 0.29) is 19.1 Å². The Morgan fingerprint density at radius 3 is 2.63 bits per heavy atom. The summed E-state index contributed by atoms with van der Waals surface area (Å²) < 4.78 is 16.9. The van der Waals surface area contributed by atoms with Gasteiger partial charge in [0.15, 0.2) is 6.61 Å². The van der Waals surface area contributed by atoms with Crippen molar-refractivity contribution in [2.75, 3.05) is 18.6 Å². The minimum absolute atomic E-state index is 0.177. The summed E-state index contributed by atoms with van der Waals surface area (Å²) in [6, 6.07) is 6.56. The Bertz CT molecular complexity index is 1260. The van der Waals surface area contributed by atoms with Gasteiger partial charge in [0.2, 0.25) is 0 Å². The maximum atomic E-state index is 13.4. The normalized spacial score (nSPS) is 15.1. The van der Waals surface area contributed by atoms with Crippen molar-refractivity contribution in [3.05, 3.63) is 59.2 Å². The Labute approximate surface area is 202 Å². The summed E-state index contributed by atoms with van der Waals surface area (Å²) in [5.41, 5.74) is 1.71. The third-order valence-electron chi connectivity index (χ3n) is 6.03. The highest BCUT2D eigenvalue weighted by molar-refractivity contribution is 6.22. The molecule has 0 radical (unpaired) electrons. The molecule has 3 amide bonds. The second-order valence-electron chi connectivity index (χ2n) is 8.78. The first-order valence-electron chi connectivity index (χ1n) is 11.0. The Morgan fingerprint density at radius 2 is 1.94 bits per heavy atom. The van der Waals surface area contributed by atoms with Crippen molar-refractivity contribution in [1.29, 1.82) is 0 Å². The lowest BCUT2D eigenvalue weighted by atomic mass is 10.0. The van der Waals surface area contributed by atoms with Gasteiger partial charge in [0.25, 0.3) is 5.91 Å². The van der Waals surface area contributed by atoms with Gasteiger partial charge in [-0.3, -0.25) is 9.48 Å². The highest BCUT2D eigenvalue weighted by atomic mass is 16.6. The standard InChI is InChI=1S/C24H27N5O6/c1-15-20(16(2)35-26-15)13-27-12-18(10-25-27)29-22(31)24(3,4)28(23(29)32)11-17-7-6-8-19(9-17)34-14-21(30)33-5/h6-10,12H,11,13-14H2,1-5H3. The third kappa shape index (κ3) is 4.61. The predicted molar refractivity (Wildman–Crippen MR) is 124 cm³/mol. The first-order chi connectivity index (χ1) is 16.6. The largest absolute Gasteiger partial charge is 0.482 e. The summed E-state index contributed by atoms with van der Waals surface area (Å²) in [4.78, 5) is 40.7. The number of nitrogens with zero attached hydrogens (tertiary/aromatic N) is 5. The molecule has 1 saturated heterocycles. The van der Waals surface area contributed by atoms with Crippen molar-refractivity contribution in [1.82, 2.24) is 19.8 Å². The lowest BCUT2D eigenvalue weighted by Crippen LogP contribution is -2.43. The predicted octanol–water partition coefficient (Wildman–Crippen LogP) is 2.84. The van der Waals surface area contributed by atoms with Crippen LogP contribution < -0.4 is 9.64 Å². The van der Waals surface area contributed by atoms with E-state index in [1.165, 1.54) is 18.2 Å². The first kappa shape index (κ1) is 24.0. The minimum Gasteiger partial charge on any atom is -0.482 e. The quantitative estimate of drug-likeness (QED) is 0.356. The molecule has 0 spiro atoms. The zero-order chi connectivity index (χ0) is 25.3. The van der Waals surface area contributed by atoms with Gasteiger partial charge in [-0.15, -0.1) is 0 Å². The number of esters is 1. The van der Waals surface area contributed by atoms with Crippen LogP contribution in [0.15, 0.2) is 41.2 Å². The van der Waals surface area contributed by atoms with Crippen LogP contribution >= 0.6 is 0 Å². The molecule has 1 aliphatic heterocycles. The molecule has 11 nitrogen and oxygen atoms in total. The number of rotatable bonds is 8. The minimum atomic E-state index is -1.08. The van der Waals surface area contributed by atoms with Crippen molar-refractivity contribution in [3.8, 4) is 5.75 Å². The van der Waals surface area contributed by atoms with Crippen molar-refractivity contribution >= 4 is 23.6 Å². The number of imide groups is 1. The van der Waals surface area contributed by atoms with E-state index < -0.39 is 17.5 Å². The summed E-state index contributed by atoms with van der Waals surface area (Å²) in [7, 11) is 1.28. The molecule has 1 aliphatic rings. The number of urea groups is 1. The summed E-state index contributed by atoms with van der Waals surface area (Å²) in [6.07, 6.45) is 3.15. The van der Waals surface area contributed by atoms with Crippen molar-refractivity contribution in [2.24, 2.45) is 0 Å². The van der Waals surface area contributed by atoms with Crippen LogP contribution in [0.5, 0.6) is 5.75 Å². The van der Waals surface area contributed by atoms with Gasteiger partial charge >= 0.3 is 12.0 Å². The summed E-state index contributed by atoms with van der Waals surface area (Å²) in [5, 5.41) is 8.27. The van der Waals surface area contributed by atoms with Crippen LogP contribution in [0.1, 0.15) is 36.4 Å². The highest BCUT2D eigenvalue weighted by Gasteiger charge is 2.52. The summed E-state index contributed by atoms with van der Waals surface area (Å²) in [5.74, 6) is 0.305. The number of amides is 3. The molecule has 11 heteroatoms. The first-order valence-corrected chi connectivity index (χ1v) is 11.0. The van der Waals surface area contributed by atoms with Gasteiger partial charge in [0.05, 0.1) is 31.2 Å². The number of hydrogen-bond donors (Lipinski definition) is 0. The fraction of sp³-hybridized carbons (Fsp3) is 0.375. The van der Waals surface area contributed by atoms with Gasteiger partial charge in [-0.25, -0.2) is 14.5 Å². The fourth-order valence-corrected chi connectivity index (χ4v) is 3.89. The fourth-order valence-electron chi connectivity index (χ4n) is 3.89. The van der Waals surface area contributed by atoms with Gasteiger partial charge < -0.3 is 18.9 Å². The molecule has 0 aliphatic carbocycles. The van der Waals surface area contributed by atoms with Crippen LogP contribution in [0.3, 0.4) is 0 Å². The van der Waals surface area contributed by atoms with Crippen LogP contribution in [0.4, 0.5) is 10.5 Å². The molecule has 184 valence electrons. The van der Waals surface area contributed by atoms with Crippen molar-refractivity contribution < 1.29 is 28.4 Å². The molecular formula is C24H27N5O6. The van der Waals surface area contributed by atoms with Gasteiger partial charge in [0, 0.05) is 18.3 Å². The van der Waals surface area contributed by atoms with Crippen LogP contribution in [0.25, 0.3) is 0 Å². The molecule has 4 rings (SSSR count). The molecule has 0 unspecified atom stereocenters. The average Bonchev–Trinajstić information content (AvgIpc) is 3.46. The zero-order valence-corrected chi connectivity index (χ0v) is 20.3. The van der Waals surface area contributed by atoms with Crippen molar-refractivity contribution in [3.63, 3.8) is 0 Å². The molecule has 0 atom stereocenters. The van der Waals surface area contributed by atoms with E-state index >= 15 is 0 Å². The van der Waals surface area contributed by atoms with Crippen LogP contribution in [0, 0.1) is 13.8 Å². The van der Waals surface area contributed by atoms with Crippen molar-refractivity contribution in [2.45, 2.75) is 46.3 Å². The van der Waals surface area contributed by atoms with Gasteiger partial charge in [-0.05, 0) is 45.4 Å². The van der Waals surface area contributed by atoms with Crippen LogP contribution in [-0.4, -0.2) is 57.0 Å². The summed E-state index contributed by atoms with van der Waals surface area (Å²) >= 11 is 0. The average molecular weight is 482 g/mol. The van der Waals surface area contributed by atoms with Gasteiger partial charge in [-0.2, -0.15) is 5.10 Å². The monoisotopic (exact) mass is 481 g/mol. The number of carbonyl (C=O) groups is 3. The van der Waals surface area contributed by atoms with E-state index in [9.17, 15) is 14.4 Å². The molecule has 1 aromatic carbocycles. The Balaban J connectivity index is 1.52. The molecular weight excluding hydrogens is 454 g/mol. The SMILES string of the molecule is COC(=O)COc1cccc(CN2C(=O)N(c3cnn(Cc4c(C)noc4C)c3)C(=O)C2(C)C)c1. The molecule has 0 bridgehead atoms. The number of benzene rings is 1. The lowest BCUT2D eigenvalue weighted by Gasteiger charge is -2.27. The molecule has 1 fully saturated rings.